The van der Waals surface area contributed by atoms with Gasteiger partial charge in [-0.05, 0) is 49.4 Å². The number of anilines is 1. The quantitative estimate of drug-likeness (QED) is 0.341. The van der Waals surface area contributed by atoms with Gasteiger partial charge in [0.05, 0.1) is 5.52 Å². The number of halogens is 3. The lowest BCUT2D eigenvalue weighted by molar-refractivity contribution is 0.0578. The summed E-state index contributed by atoms with van der Waals surface area (Å²) in [5, 5.41) is 0.698. The van der Waals surface area contributed by atoms with Crippen molar-refractivity contribution >= 4 is 32.5 Å². The molecule has 1 aliphatic rings. The fourth-order valence-corrected chi connectivity index (χ4v) is 5.99. The van der Waals surface area contributed by atoms with Crippen LogP contribution in [0.15, 0.2) is 77.8 Å². The molecule has 2 heterocycles. The fourth-order valence-electron chi connectivity index (χ4n) is 4.76. The van der Waals surface area contributed by atoms with Crippen LogP contribution < -0.4 is 4.72 Å². The van der Waals surface area contributed by atoms with Crippen molar-refractivity contribution in [3.8, 4) is 0 Å². The third-order valence-corrected chi connectivity index (χ3v) is 8.30. The second kappa shape index (κ2) is 10.7. The highest BCUT2D eigenvalue weighted by molar-refractivity contribution is 7.93. The molecule has 202 valence electrons. The van der Waals surface area contributed by atoms with Crippen LogP contribution in [0.5, 0.6) is 0 Å². The van der Waals surface area contributed by atoms with E-state index in [0.29, 0.717) is 54.4 Å². The first kappa shape index (κ1) is 26.6. The Hall–Kier alpha value is -3.96. The molecule has 0 saturated carbocycles. The monoisotopic (exact) mass is 554 g/mol. The highest BCUT2D eigenvalue weighted by Gasteiger charge is 2.28. The molecule has 1 N–H and O–H groups in total. The molecule has 7 nitrogen and oxygen atoms in total. The van der Waals surface area contributed by atoms with Gasteiger partial charge in [0, 0.05) is 66.7 Å². The van der Waals surface area contributed by atoms with Gasteiger partial charge >= 0.3 is 0 Å². The summed E-state index contributed by atoms with van der Waals surface area (Å²) < 4.78 is 70.1. The average Bonchev–Trinajstić information content (AvgIpc) is 2.94. The second-order valence-corrected chi connectivity index (χ2v) is 11.0. The van der Waals surface area contributed by atoms with Crippen molar-refractivity contribution in [2.75, 3.05) is 30.9 Å². The highest BCUT2D eigenvalue weighted by atomic mass is 32.2. The Balaban J connectivity index is 1.23. The lowest BCUT2D eigenvalue weighted by atomic mass is 10.0. The third kappa shape index (κ3) is 5.45. The van der Waals surface area contributed by atoms with Crippen LogP contribution in [-0.2, 0) is 10.0 Å². The van der Waals surface area contributed by atoms with Crippen molar-refractivity contribution in [1.82, 2.24) is 14.8 Å². The van der Waals surface area contributed by atoms with E-state index in [1.54, 1.807) is 48.2 Å². The summed E-state index contributed by atoms with van der Waals surface area (Å²) in [5.41, 5.74) is 0.967. The predicted molar refractivity (Wildman–Crippen MR) is 141 cm³/mol. The number of amides is 1. The summed E-state index contributed by atoms with van der Waals surface area (Å²) >= 11 is 0. The molecular formula is C28H25F3N4O3S. The lowest BCUT2D eigenvalue weighted by Gasteiger charge is -2.38. The number of rotatable bonds is 6. The Kier molecular flexibility index (Phi) is 7.28. The van der Waals surface area contributed by atoms with E-state index in [1.165, 1.54) is 24.4 Å². The number of benzene rings is 3. The number of nitrogens with one attached hydrogen (secondary N) is 1. The van der Waals surface area contributed by atoms with E-state index < -0.39 is 33.5 Å². The standard InChI is InChI=1S/C28H25F3N4O3S/c1-18(23-16-21(29)17-24(30)26(23)31)34-12-14-35(15-13-34)28(36)20-7-9-22(10-8-20)33-39(37,38)25-6-2-4-19-5-3-11-32-27(19)25/h2-11,16-18,33H,12-15H2,1H3. The van der Waals surface area contributed by atoms with Crippen LogP contribution in [-0.4, -0.2) is 55.3 Å². The summed E-state index contributed by atoms with van der Waals surface area (Å²) in [6, 6.07) is 15.5. The SMILES string of the molecule is CC(c1cc(F)cc(F)c1F)N1CCN(C(=O)c2ccc(NS(=O)(=O)c3cccc4cccnc34)cc2)CC1. The fraction of sp³-hybridized carbons (Fsp3) is 0.214. The van der Waals surface area contributed by atoms with Crippen LogP contribution in [0.1, 0.15) is 28.9 Å². The smallest absolute Gasteiger partial charge is 0.264 e. The number of piperazine rings is 1. The Morgan fingerprint density at radius 1 is 0.949 bits per heavy atom. The number of pyridine rings is 1. The minimum Gasteiger partial charge on any atom is -0.336 e. The first-order valence-corrected chi connectivity index (χ1v) is 13.8. The van der Waals surface area contributed by atoms with Crippen LogP contribution >= 0.6 is 0 Å². The number of nitrogens with zero attached hydrogens (tertiary/aromatic N) is 3. The molecule has 0 aliphatic carbocycles. The topological polar surface area (TPSA) is 82.6 Å². The largest absolute Gasteiger partial charge is 0.336 e. The Morgan fingerprint density at radius 2 is 1.64 bits per heavy atom. The number of para-hydroxylation sites is 1. The number of fused-ring (bicyclic) bond motifs is 1. The summed E-state index contributed by atoms with van der Waals surface area (Å²) in [6.07, 6.45) is 1.53. The van der Waals surface area contributed by atoms with Gasteiger partial charge in [-0.15, -0.1) is 0 Å². The Labute approximate surface area is 223 Å². The predicted octanol–water partition coefficient (Wildman–Crippen LogP) is 4.97. The molecule has 1 saturated heterocycles. The van der Waals surface area contributed by atoms with Crippen LogP contribution in [0.4, 0.5) is 18.9 Å². The van der Waals surface area contributed by atoms with Crippen LogP contribution in [0, 0.1) is 17.5 Å². The maximum atomic E-state index is 14.2. The first-order valence-electron chi connectivity index (χ1n) is 12.3. The minimum atomic E-state index is -3.93. The molecule has 1 fully saturated rings. The highest BCUT2D eigenvalue weighted by Crippen LogP contribution is 2.27. The summed E-state index contributed by atoms with van der Waals surface area (Å²) in [5.74, 6) is -3.39. The maximum Gasteiger partial charge on any atom is 0.264 e. The second-order valence-electron chi connectivity index (χ2n) is 9.31. The van der Waals surface area contributed by atoms with Crippen LogP contribution in [0.2, 0.25) is 0 Å². The van der Waals surface area contributed by atoms with Gasteiger partial charge < -0.3 is 4.90 Å². The number of hydrogen-bond acceptors (Lipinski definition) is 5. The molecule has 39 heavy (non-hydrogen) atoms. The lowest BCUT2D eigenvalue weighted by Crippen LogP contribution is -2.49. The maximum absolute atomic E-state index is 14.2. The van der Waals surface area contributed by atoms with Crippen molar-refractivity contribution in [1.29, 1.82) is 0 Å². The molecule has 5 rings (SSSR count). The molecule has 4 aromatic rings. The summed E-state index contributed by atoms with van der Waals surface area (Å²) in [4.78, 5) is 20.8. The van der Waals surface area contributed by atoms with Gasteiger partial charge in [0.15, 0.2) is 11.6 Å². The zero-order chi connectivity index (χ0) is 27.7. The van der Waals surface area contributed by atoms with E-state index >= 15 is 0 Å². The molecule has 1 atom stereocenters. The molecule has 1 amide bonds. The van der Waals surface area contributed by atoms with Crippen molar-refractivity contribution < 1.29 is 26.4 Å². The van der Waals surface area contributed by atoms with E-state index in [-0.39, 0.29) is 16.4 Å². The number of sulfonamides is 1. The van der Waals surface area contributed by atoms with Gasteiger partial charge in [0.25, 0.3) is 15.9 Å². The zero-order valence-electron chi connectivity index (χ0n) is 20.9. The van der Waals surface area contributed by atoms with E-state index in [2.05, 4.69) is 9.71 Å². The normalized spacial score (nSPS) is 15.3. The average molecular weight is 555 g/mol. The van der Waals surface area contributed by atoms with E-state index in [4.69, 9.17) is 0 Å². The molecule has 0 bridgehead atoms. The number of hydrogen-bond donors (Lipinski definition) is 1. The van der Waals surface area contributed by atoms with Crippen LogP contribution in [0.3, 0.4) is 0 Å². The molecule has 0 spiro atoms. The van der Waals surface area contributed by atoms with Gasteiger partial charge in [-0.2, -0.15) is 0 Å². The molecule has 11 heteroatoms. The first-order chi connectivity index (χ1) is 18.6. The van der Waals surface area contributed by atoms with E-state index in [0.717, 1.165) is 6.07 Å². The van der Waals surface area contributed by atoms with Crippen molar-refractivity contribution in [3.05, 3.63) is 102 Å². The number of aromatic nitrogens is 1. The molecule has 1 aliphatic heterocycles. The van der Waals surface area contributed by atoms with Gasteiger partial charge in [-0.25, -0.2) is 21.6 Å². The van der Waals surface area contributed by atoms with Gasteiger partial charge in [0.1, 0.15) is 10.7 Å². The van der Waals surface area contributed by atoms with Gasteiger partial charge in [-0.1, -0.05) is 18.2 Å². The van der Waals surface area contributed by atoms with Crippen molar-refractivity contribution in [2.45, 2.75) is 17.9 Å². The molecule has 1 unspecified atom stereocenters. The van der Waals surface area contributed by atoms with Gasteiger partial charge in [-0.3, -0.25) is 19.4 Å². The summed E-state index contributed by atoms with van der Waals surface area (Å²) in [7, 11) is -3.93. The Morgan fingerprint density at radius 3 is 2.36 bits per heavy atom. The van der Waals surface area contributed by atoms with E-state index in [9.17, 15) is 26.4 Å². The molecule has 0 radical (unpaired) electrons. The molecule has 1 aromatic heterocycles. The van der Waals surface area contributed by atoms with Crippen molar-refractivity contribution in [3.63, 3.8) is 0 Å². The summed E-state index contributed by atoms with van der Waals surface area (Å²) in [6.45, 7) is 3.13. The van der Waals surface area contributed by atoms with E-state index in [1.807, 2.05) is 4.90 Å². The minimum absolute atomic E-state index is 0.0497. The van der Waals surface area contributed by atoms with Gasteiger partial charge in [0.2, 0.25) is 0 Å². The third-order valence-electron chi connectivity index (χ3n) is 6.89. The number of carbonyl (C=O) groups excluding carboxylic acids is 1. The molecular weight excluding hydrogens is 529 g/mol. The van der Waals surface area contributed by atoms with Crippen molar-refractivity contribution in [2.24, 2.45) is 0 Å². The Bertz CT molecular complexity index is 1630. The molecule has 3 aromatic carbocycles. The number of carbonyl (C=O) groups is 1. The zero-order valence-corrected chi connectivity index (χ0v) is 21.8. The van der Waals surface area contributed by atoms with Crippen LogP contribution in [0.25, 0.3) is 10.9 Å².